The molecule has 1 saturated heterocycles. The number of ether oxygens (including phenoxy) is 4. The van der Waals surface area contributed by atoms with Crippen LogP contribution in [-0.4, -0.2) is 99.2 Å². The van der Waals surface area contributed by atoms with E-state index < -0.39 is 79.5 Å². The van der Waals surface area contributed by atoms with Crippen molar-refractivity contribution in [3.63, 3.8) is 0 Å². The second kappa shape index (κ2) is 11.9. The topological polar surface area (TPSA) is 200 Å². The number of aliphatic hydroxyl groups excluding tert-OH is 4. The lowest BCUT2D eigenvalue weighted by Crippen LogP contribution is -2.60. The molecule has 222 valence electrons. The van der Waals surface area contributed by atoms with Crippen molar-refractivity contribution in [3.8, 4) is 0 Å². The molecule has 0 amide bonds. The SMILES string of the molecule is C=C[C@H]1[C@H](O[C@@H]2O[C@H](CO)[C@@H](O)[C@H](O)[C@H]2O)OC=C(C(=O)OC)[C@H]1C[C@@H]1N[C@@H](C(=O)O)Cc2c1[nH]c1ccccc21. The van der Waals surface area contributed by atoms with E-state index in [0.717, 1.165) is 22.2 Å². The van der Waals surface area contributed by atoms with Gasteiger partial charge in [-0.2, -0.15) is 0 Å². The minimum Gasteiger partial charge on any atom is -0.480 e. The van der Waals surface area contributed by atoms with E-state index in [1.54, 1.807) is 0 Å². The zero-order valence-corrected chi connectivity index (χ0v) is 22.3. The molecule has 13 nitrogen and oxygen atoms in total. The summed E-state index contributed by atoms with van der Waals surface area (Å²) >= 11 is 0. The first-order chi connectivity index (χ1) is 19.7. The summed E-state index contributed by atoms with van der Waals surface area (Å²) in [7, 11) is 1.23. The maximum atomic E-state index is 12.8. The van der Waals surface area contributed by atoms with Gasteiger partial charge in [0.1, 0.15) is 30.5 Å². The van der Waals surface area contributed by atoms with Gasteiger partial charge in [-0.1, -0.05) is 24.3 Å². The lowest BCUT2D eigenvalue weighted by molar-refractivity contribution is -0.339. The van der Waals surface area contributed by atoms with Crippen molar-refractivity contribution >= 4 is 22.8 Å². The highest BCUT2D eigenvalue weighted by Gasteiger charge is 2.48. The van der Waals surface area contributed by atoms with Crippen LogP contribution in [0.5, 0.6) is 0 Å². The Morgan fingerprint density at radius 1 is 1.15 bits per heavy atom. The predicted molar refractivity (Wildman–Crippen MR) is 141 cm³/mol. The van der Waals surface area contributed by atoms with Gasteiger partial charge in [0.05, 0.1) is 25.6 Å². The number of rotatable bonds is 8. The third-order valence-corrected chi connectivity index (χ3v) is 8.11. The van der Waals surface area contributed by atoms with Crippen LogP contribution in [0, 0.1) is 11.8 Å². The van der Waals surface area contributed by atoms with E-state index in [4.69, 9.17) is 18.9 Å². The first-order valence-corrected chi connectivity index (χ1v) is 13.3. The van der Waals surface area contributed by atoms with Crippen molar-refractivity contribution in [2.45, 2.75) is 61.9 Å². The zero-order chi connectivity index (χ0) is 29.4. The molecule has 0 radical (unpaired) electrons. The van der Waals surface area contributed by atoms with Gasteiger partial charge >= 0.3 is 11.9 Å². The Labute approximate surface area is 235 Å². The molecule has 0 spiro atoms. The molecule has 3 aliphatic heterocycles. The second-order valence-electron chi connectivity index (χ2n) is 10.4. The number of aromatic amines is 1. The van der Waals surface area contributed by atoms with E-state index >= 15 is 0 Å². The van der Waals surface area contributed by atoms with Gasteiger partial charge in [-0.05, 0) is 18.1 Å². The summed E-state index contributed by atoms with van der Waals surface area (Å²) in [6.07, 6.45) is -5.57. The molecule has 0 bridgehead atoms. The summed E-state index contributed by atoms with van der Waals surface area (Å²) in [6.45, 7) is 3.26. The summed E-state index contributed by atoms with van der Waals surface area (Å²) in [5.41, 5.74) is 2.70. The average Bonchev–Trinajstić information content (AvgIpc) is 3.36. The van der Waals surface area contributed by atoms with Gasteiger partial charge in [0.15, 0.2) is 6.29 Å². The summed E-state index contributed by atoms with van der Waals surface area (Å²) in [6, 6.07) is 6.20. The highest BCUT2D eigenvalue weighted by atomic mass is 16.8. The Kier molecular flexibility index (Phi) is 8.47. The third-order valence-electron chi connectivity index (χ3n) is 8.11. The molecular formula is C28H34N2O11. The van der Waals surface area contributed by atoms with Crippen molar-refractivity contribution < 1.29 is 54.1 Å². The van der Waals surface area contributed by atoms with Gasteiger partial charge in [-0.15, -0.1) is 6.58 Å². The zero-order valence-electron chi connectivity index (χ0n) is 22.3. The molecule has 0 unspecified atom stereocenters. The maximum Gasteiger partial charge on any atom is 0.337 e. The lowest BCUT2D eigenvalue weighted by atomic mass is 9.77. The van der Waals surface area contributed by atoms with E-state index in [1.807, 2.05) is 24.3 Å². The smallest absolute Gasteiger partial charge is 0.337 e. The summed E-state index contributed by atoms with van der Waals surface area (Å²) in [4.78, 5) is 28.3. The van der Waals surface area contributed by atoms with Crippen LogP contribution in [0.15, 0.2) is 48.8 Å². The number of carboxylic acids is 1. The molecule has 41 heavy (non-hydrogen) atoms. The fraction of sp³-hybridized carbons (Fsp3) is 0.500. The second-order valence-corrected chi connectivity index (χ2v) is 10.4. The molecule has 1 aromatic heterocycles. The molecule has 0 aliphatic carbocycles. The molecule has 10 atom stereocenters. The van der Waals surface area contributed by atoms with Crippen LogP contribution in [0.2, 0.25) is 0 Å². The molecule has 13 heteroatoms. The fourth-order valence-corrected chi connectivity index (χ4v) is 5.95. The number of nitrogens with one attached hydrogen (secondary N) is 2. The highest BCUT2D eigenvalue weighted by Crippen LogP contribution is 2.42. The predicted octanol–water partition coefficient (Wildman–Crippen LogP) is -0.154. The van der Waals surface area contributed by atoms with Crippen LogP contribution in [-0.2, 0) is 35.0 Å². The summed E-state index contributed by atoms with van der Waals surface area (Å²) in [5.74, 6) is -3.06. The molecule has 7 N–H and O–H groups in total. The van der Waals surface area contributed by atoms with Crippen LogP contribution in [0.1, 0.15) is 23.7 Å². The van der Waals surface area contributed by atoms with E-state index in [-0.39, 0.29) is 18.4 Å². The number of esters is 1. The minimum atomic E-state index is -1.67. The van der Waals surface area contributed by atoms with Gasteiger partial charge in [-0.25, -0.2) is 4.79 Å². The highest BCUT2D eigenvalue weighted by molar-refractivity contribution is 5.89. The van der Waals surface area contributed by atoms with Crippen LogP contribution in [0.4, 0.5) is 0 Å². The number of aliphatic carboxylic acids is 1. The summed E-state index contributed by atoms with van der Waals surface area (Å²) < 4.78 is 22.1. The largest absolute Gasteiger partial charge is 0.480 e. The van der Waals surface area contributed by atoms with Gasteiger partial charge in [-0.3, -0.25) is 10.1 Å². The van der Waals surface area contributed by atoms with Gasteiger partial charge in [0.25, 0.3) is 0 Å². The van der Waals surface area contributed by atoms with Crippen molar-refractivity contribution in [1.29, 1.82) is 0 Å². The third kappa shape index (κ3) is 5.37. The van der Waals surface area contributed by atoms with Crippen molar-refractivity contribution in [3.05, 3.63) is 60.0 Å². The van der Waals surface area contributed by atoms with Crippen LogP contribution in [0.25, 0.3) is 10.9 Å². The molecule has 3 aliphatic rings. The number of methoxy groups -OCH3 is 1. The average molecular weight is 575 g/mol. The van der Waals surface area contributed by atoms with Crippen LogP contribution < -0.4 is 5.32 Å². The number of carbonyl (C=O) groups excluding carboxylic acids is 1. The number of carbonyl (C=O) groups is 2. The van der Waals surface area contributed by atoms with E-state index in [0.29, 0.717) is 0 Å². The van der Waals surface area contributed by atoms with Crippen LogP contribution >= 0.6 is 0 Å². The van der Waals surface area contributed by atoms with Crippen molar-refractivity contribution in [2.24, 2.45) is 11.8 Å². The van der Waals surface area contributed by atoms with Gasteiger partial charge in [0.2, 0.25) is 6.29 Å². The Balaban J connectivity index is 1.47. The standard InChI is InChI=1S/C28H34N2O11/c1-3-12-14(8-18-21-15(9-19(29-18)25(35)36)13-6-4-5-7-17(13)30-21)16(26(37)38-2)11-39-27(12)41-28-24(34)23(33)22(32)20(10-31)40-28/h3-7,11-12,14,18-20,22-24,27-34H,1,8-10H2,2H3,(H,35,36)/t12-,14+,18+,19-,20-,22-,23+,24-,27+,28+/m1/s1. The number of hydrogen-bond donors (Lipinski definition) is 7. The minimum absolute atomic E-state index is 0.169. The number of para-hydroxylation sites is 1. The Morgan fingerprint density at radius 2 is 1.90 bits per heavy atom. The lowest BCUT2D eigenvalue weighted by Gasteiger charge is -2.43. The first kappa shape index (κ1) is 29.2. The van der Waals surface area contributed by atoms with E-state index in [2.05, 4.69) is 16.9 Å². The molecule has 2 aromatic rings. The molecule has 1 aromatic carbocycles. The molecule has 0 saturated carbocycles. The Morgan fingerprint density at radius 3 is 2.59 bits per heavy atom. The van der Waals surface area contributed by atoms with Gasteiger partial charge < -0.3 is 49.5 Å². The number of fused-ring (bicyclic) bond motifs is 3. The molecule has 5 rings (SSSR count). The number of aliphatic hydroxyl groups is 4. The normalized spacial score (nSPS) is 35.2. The van der Waals surface area contributed by atoms with Gasteiger partial charge in [0, 0.05) is 40.9 Å². The number of aromatic nitrogens is 1. The first-order valence-electron chi connectivity index (χ1n) is 13.3. The number of hydrogen-bond acceptors (Lipinski definition) is 11. The Hall–Kier alpha value is -3.30. The summed E-state index contributed by atoms with van der Waals surface area (Å²) in [5, 5.41) is 54.3. The molecular weight excluding hydrogens is 540 g/mol. The maximum absolute atomic E-state index is 12.8. The van der Waals surface area contributed by atoms with E-state index in [9.17, 15) is 35.1 Å². The number of benzene rings is 1. The number of H-pyrrole nitrogens is 1. The molecule has 4 heterocycles. The van der Waals surface area contributed by atoms with E-state index in [1.165, 1.54) is 19.4 Å². The Bertz CT molecular complexity index is 1320. The van der Waals surface area contributed by atoms with Crippen LogP contribution in [0.3, 0.4) is 0 Å². The quantitative estimate of drug-likeness (QED) is 0.163. The van der Waals surface area contributed by atoms with Crippen molar-refractivity contribution in [2.75, 3.05) is 13.7 Å². The fourth-order valence-electron chi connectivity index (χ4n) is 5.95. The number of carboxylic acid groups (broad SMARTS) is 1. The monoisotopic (exact) mass is 574 g/mol. The van der Waals surface area contributed by atoms with Crippen molar-refractivity contribution in [1.82, 2.24) is 10.3 Å². The molecule has 1 fully saturated rings.